The Labute approximate surface area is 227 Å². The largest absolute Gasteiger partial charge is 0.369 e. The molecule has 3 fully saturated rings. The molecular weight excluding hydrogens is 494 g/mol. The summed E-state index contributed by atoms with van der Waals surface area (Å²) in [6, 6.07) is 9.40. The van der Waals surface area contributed by atoms with Crippen LogP contribution in [0.2, 0.25) is 0 Å². The summed E-state index contributed by atoms with van der Waals surface area (Å²) in [7, 11) is 0. The molecule has 3 unspecified atom stereocenters. The van der Waals surface area contributed by atoms with Gasteiger partial charge in [0, 0.05) is 48.5 Å². The van der Waals surface area contributed by atoms with E-state index >= 15 is 0 Å². The molecular formula is C28H35N9S. The second-order valence-electron chi connectivity index (χ2n) is 11.2. The van der Waals surface area contributed by atoms with Crippen LogP contribution in [0.15, 0.2) is 24.3 Å². The highest BCUT2D eigenvalue weighted by atomic mass is 32.1. The third-order valence-electron chi connectivity index (χ3n) is 8.93. The first-order valence-corrected chi connectivity index (χ1v) is 14.6. The summed E-state index contributed by atoms with van der Waals surface area (Å²) in [5.41, 5.74) is 9.65. The molecule has 2 saturated carbocycles. The van der Waals surface area contributed by atoms with Crippen LogP contribution in [0, 0.1) is 32.6 Å². The van der Waals surface area contributed by atoms with Crippen molar-refractivity contribution >= 4 is 44.8 Å². The van der Waals surface area contributed by atoms with Gasteiger partial charge in [0.25, 0.3) is 0 Å². The van der Waals surface area contributed by atoms with Gasteiger partial charge < -0.3 is 16.0 Å². The Morgan fingerprint density at radius 2 is 1.74 bits per heavy atom. The summed E-state index contributed by atoms with van der Waals surface area (Å²) in [5.74, 6) is 4.07. The number of rotatable bonds is 5. The quantitative estimate of drug-likeness (QED) is 0.379. The smallest absolute Gasteiger partial charge is 0.248 e. The second-order valence-corrected chi connectivity index (χ2v) is 12.4. The van der Waals surface area contributed by atoms with Crippen molar-refractivity contribution in [2.24, 2.45) is 11.8 Å². The Hall–Kier alpha value is -3.24. The fourth-order valence-corrected chi connectivity index (χ4v) is 7.94. The van der Waals surface area contributed by atoms with Gasteiger partial charge in [0.05, 0.1) is 5.39 Å². The molecule has 38 heavy (non-hydrogen) atoms. The van der Waals surface area contributed by atoms with Crippen molar-refractivity contribution in [2.45, 2.75) is 52.5 Å². The monoisotopic (exact) mass is 529 g/mol. The Morgan fingerprint density at radius 1 is 0.947 bits per heavy atom. The SMILES string of the molecule is Cc1nc(-n2nc(Nc3ccc(N4CCN(C5CC6CCC5C6)CC4)cc3)nc2N)c2c(C)c(C)sc2n1. The number of anilines is 4. The topological polar surface area (TPSA) is 101 Å². The van der Waals surface area contributed by atoms with E-state index in [4.69, 9.17) is 5.73 Å². The van der Waals surface area contributed by atoms with Crippen molar-refractivity contribution in [3.05, 3.63) is 40.5 Å². The van der Waals surface area contributed by atoms with Crippen LogP contribution in [0.5, 0.6) is 0 Å². The first kappa shape index (κ1) is 23.8. The summed E-state index contributed by atoms with van der Waals surface area (Å²) in [6.07, 6.45) is 5.85. The van der Waals surface area contributed by atoms with Gasteiger partial charge in [-0.15, -0.1) is 16.4 Å². The van der Waals surface area contributed by atoms with Gasteiger partial charge in [0.1, 0.15) is 10.7 Å². The number of nitrogen functional groups attached to an aromatic ring is 1. The summed E-state index contributed by atoms with van der Waals surface area (Å²) >= 11 is 1.66. The second kappa shape index (κ2) is 9.20. The van der Waals surface area contributed by atoms with Crippen LogP contribution in [0.4, 0.5) is 23.3 Å². The van der Waals surface area contributed by atoms with Gasteiger partial charge in [-0.05, 0) is 81.7 Å². The molecule has 0 radical (unpaired) electrons. The molecule has 3 aromatic heterocycles. The zero-order valence-corrected chi connectivity index (χ0v) is 23.1. The summed E-state index contributed by atoms with van der Waals surface area (Å²) < 4.78 is 1.61. The molecule has 4 aromatic rings. The number of piperazine rings is 1. The van der Waals surface area contributed by atoms with Gasteiger partial charge >= 0.3 is 0 Å². The molecule has 10 heteroatoms. The molecule has 1 aliphatic heterocycles. The molecule has 3 aliphatic rings. The molecule has 3 N–H and O–H groups in total. The number of fused-ring (bicyclic) bond motifs is 3. The summed E-state index contributed by atoms with van der Waals surface area (Å²) in [4.78, 5) is 21.2. The minimum atomic E-state index is 0.292. The number of nitrogens with zero attached hydrogens (tertiary/aromatic N) is 7. The zero-order valence-electron chi connectivity index (χ0n) is 22.3. The average Bonchev–Trinajstić information content (AvgIpc) is 3.69. The van der Waals surface area contributed by atoms with E-state index in [2.05, 4.69) is 73.3 Å². The van der Waals surface area contributed by atoms with Crippen LogP contribution in [-0.2, 0) is 0 Å². The molecule has 1 saturated heterocycles. The molecule has 9 nitrogen and oxygen atoms in total. The van der Waals surface area contributed by atoms with E-state index in [1.165, 1.54) is 49.3 Å². The predicted octanol–water partition coefficient (Wildman–Crippen LogP) is 4.83. The number of nitrogens with one attached hydrogen (secondary N) is 1. The van der Waals surface area contributed by atoms with Crippen molar-refractivity contribution < 1.29 is 0 Å². The molecule has 198 valence electrons. The van der Waals surface area contributed by atoms with Crippen LogP contribution >= 0.6 is 11.3 Å². The highest BCUT2D eigenvalue weighted by Crippen LogP contribution is 2.46. The van der Waals surface area contributed by atoms with Gasteiger partial charge in [-0.2, -0.15) is 9.67 Å². The van der Waals surface area contributed by atoms with E-state index in [1.807, 2.05) is 6.92 Å². The van der Waals surface area contributed by atoms with E-state index in [-0.39, 0.29) is 0 Å². The number of aryl methyl sites for hydroxylation is 3. The zero-order chi connectivity index (χ0) is 26.0. The lowest BCUT2D eigenvalue weighted by atomic mass is 9.93. The molecule has 2 bridgehead atoms. The number of thiophene rings is 1. The van der Waals surface area contributed by atoms with Crippen molar-refractivity contribution in [2.75, 3.05) is 42.1 Å². The summed E-state index contributed by atoms with van der Waals surface area (Å²) in [5, 5.41) is 8.95. The standard InChI is InChI=1S/C28H35N9S/c1-16-17(2)38-26-24(16)25(30-18(3)31-26)37-27(29)33-28(34-37)32-21-6-8-22(9-7-21)35-10-12-36(13-11-35)23-15-19-4-5-20(23)14-19/h6-9,19-20,23H,4-5,10-15H2,1-3H3,(H3,29,32,33,34). The Morgan fingerprint density at radius 3 is 2.45 bits per heavy atom. The van der Waals surface area contributed by atoms with Gasteiger partial charge in [0.2, 0.25) is 11.9 Å². The van der Waals surface area contributed by atoms with E-state index in [0.29, 0.717) is 23.5 Å². The van der Waals surface area contributed by atoms with Crippen LogP contribution in [0.25, 0.3) is 16.0 Å². The Kier molecular flexibility index (Phi) is 5.77. The van der Waals surface area contributed by atoms with Crippen LogP contribution in [0.3, 0.4) is 0 Å². The minimum absolute atomic E-state index is 0.292. The van der Waals surface area contributed by atoms with Gasteiger partial charge in [-0.3, -0.25) is 4.90 Å². The van der Waals surface area contributed by atoms with Crippen molar-refractivity contribution in [3.63, 3.8) is 0 Å². The maximum absolute atomic E-state index is 6.30. The fourth-order valence-electron chi connectivity index (χ4n) is 6.87. The normalized spacial score (nSPS) is 23.6. The lowest BCUT2D eigenvalue weighted by Crippen LogP contribution is -2.51. The fraction of sp³-hybridized carbons (Fsp3) is 0.500. The molecule has 4 heterocycles. The number of hydrogen-bond acceptors (Lipinski definition) is 9. The van der Waals surface area contributed by atoms with Crippen molar-refractivity contribution in [1.29, 1.82) is 0 Å². The first-order valence-electron chi connectivity index (χ1n) is 13.8. The van der Waals surface area contributed by atoms with E-state index in [1.54, 1.807) is 16.0 Å². The predicted molar refractivity (Wildman–Crippen MR) is 154 cm³/mol. The molecule has 7 rings (SSSR count). The first-order chi connectivity index (χ1) is 18.4. The summed E-state index contributed by atoms with van der Waals surface area (Å²) in [6.45, 7) is 10.6. The van der Waals surface area contributed by atoms with Crippen LogP contribution < -0.4 is 16.0 Å². The molecule has 3 atom stereocenters. The maximum atomic E-state index is 6.30. The molecule has 0 amide bonds. The van der Waals surface area contributed by atoms with Crippen molar-refractivity contribution in [1.82, 2.24) is 29.6 Å². The van der Waals surface area contributed by atoms with Gasteiger partial charge in [-0.1, -0.05) is 6.42 Å². The molecule has 0 spiro atoms. The van der Waals surface area contributed by atoms with E-state index in [9.17, 15) is 0 Å². The maximum Gasteiger partial charge on any atom is 0.248 e. The molecule has 2 aliphatic carbocycles. The van der Waals surface area contributed by atoms with Crippen molar-refractivity contribution in [3.8, 4) is 5.82 Å². The number of nitrogens with two attached hydrogens (primary N) is 1. The third kappa shape index (κ3) is 4.10. The average molecular weight is 530 g/mol. The molecule has 1 aromatic carbocycles. The lowest BCUT2D eigenvalue weighted by Gasteiger charge is -2.41. The van der Waals surface area contributed by atoms with E-state index < -0.39 is 0 Å². The lowest BCUT2D eigenvalue weighted by molar-refractivity contribution is 0.135. The van der Waals surface area contributed by atoms with Crippen LogP contribution in [-0.4, -0.2) is 61.9 Å². The van der Waals surface area contributed by atoms with E-state index in [0.717, 1.165) is 52.4 Å². The Bertz CT molecular complexity index is 1480. The minimum Gasteiger partial charge on any atom is -0.369 e. The highest BCUT2D eigenvalue weighted by molar-refractivity contribution is 7.18. The highest BCUT2D eigenvalue weighted by Gasteiger charge is 2.42. The number of benzene rings is 1. The van der Waals surface area contributed by atoms with Gasteiger partial charge in [-0.25, -0.2) is 9.97 Å². The number of aromatic nitrogens is 5. The van der Waals surface area contributed by atoms with Gasteiger partial charge in [0.15, 0.2) is 5.82 Å². The Balaban J connectivity index is 1.04. The van der Waals surface area contributed by atoms with Crippen LogP contribution in [0.1, 0.15) is 41.9 Å². The third-order valence-corrected chi connectivity index (χ3v) is 10.0. The number of hydrogen-bond donors (Lipinski definition) is 2.